The Morgan fingerprint density at radius 1 is 1.17 bits per heavy atom. The predicted octanol–water partition coefficient (Wildman–Crippen LogP) is 1.61. The molecule has 10 nitrogen and oxygen atoms in total. The summed E-state index contributed by atoms with van der Waals surface area (Å²) in [5.74, 6) is -1.27. The van der Waals surface area contributed by atoms with Gasteiger partial charge in [0.1, 0.15) is 12.4 Å². The second-order valence-corrected chi connectivity index (χ2v) is 9.38. The van der Waals surface area contributed by atoms with Crippen LogP contribution < -0.4 is 0 Å². The molecule has 0 spiro atoms. The zero-order valence-electron chi connectivity index (χ0n) is 17.9. The lowest BCUT2D eigenvalue weighted by Gasteiger charge is -2.24. The zero-order valence-corrected chi connectivity index (χ0v) is 18.7. The fourth-order valence-corrected chi connectivity index (χ4v) is 4.68. The largest absolute Gasteiger partial charge is 0.408 e. The molecule has 1 aliphatic rings. The molecule has 1 aliphatic heterocycles. The van der Waals surface area contributed by atoms with E-state index >= 15 is 0 Å². The van der Waals surface area contributed by atoms with E-state index in [0.717, 1.165) is 18.5 Å². The number of aromatic nitrogens is 4. The minimum atomic E-state index is -4.57. The molecule has 0 unspecified atom stereocenters. The number of aliphatic hydroxyl groups excluding tert-OH is 1. The summed E-state index contributed by atoms with van der Waals surface area (Å²) in [4.78, 5) is 14.4. The molecule has 0 aliphatic carbocycles. The van der Waals surface area contributed by atoms with E-state index in [1.165, 1.54) is 29.2 Å². The zero-order chi connectivity index (χ0) is 25.4. The van der Waals surface area contributed by atoms with E-state index in [2.05, 4.69) is 10.2 Å². The molecule has 1 atom stereocenters. The van der Waals surface area contributed by atoms with Gasteiger partial charge in [0, 0.05) is 30.1 Å². The first kappa shape index (κ1) is 24.8. The molecule has 0 bridgehead atoms. The van der Waals surface area contributed by atoms with Gasteiger partial charge in [0.25, 0.3) is 5.91 Å². The smallest absolute Gasteiger partial charge is 0.394 e. The van der Waals surface area contributed by atoms with Gasteiger partial charge < -0.3 is 14.7 Å². The standard InChI is InChI=1S/C20H19F4N5O5S/c21-15-4-2-1-3-14(15)18(34-8-7-30)19(31)27-9-13-10-29(25-16(13)11-27)35(32,33)17-5-6-28(26-17)12-20(22,23)24/h1-6,10,18,30H,7-9,11-12H2/t18-/m0/s1. The van der Waals surface area contributed by atoms with Crippen LogP contribution in [0.25, 0.3) is 0 Å². The minimum absolute atomic E-state index is 0.0161. The molecular weight excluding hydrogens is 498 g/mol. The van der Waals surface area contributed by atoms with E-state index < -0.39 is 45.6 Å². The fourth-order valence-electron chi connectivity index (χ4n) is 3.57. The first-order valence-corrected chi connectivity index (χ1v) is 11.6. The van der Waals surface area contributed by atoms with Gasteiger partial charge >= 0.3 is 16.2 Å². The summed E-state index contributed by atoms with van der Waals surface area (Å²) < 4.78 is 83.9. The number of hydrogen-bond donors (Lipinski definition) is 1. The topological polar surface area (TPSA) is 120 Å². The molecule has 1 aromatic carbocycles. The summed E-state index contributed by atoms with van der Waals surface area (Å²) in [5, 5.41) is 15.9. The van der Waals surface area contributed by atoms with Crippen LogP contribution in [0.1, 0.15) is 22.9 Å². The number of fused-ring (bicyclic) bond motifs is 1. The minimum Gasteiger partial charge on any atom is -0.394 e. The highest BCUT2D eigenvalue weighted by atomic mass is 32.2. The van der Waals surface area contributed by atoms with Gasteiger partial charge in [0.2, 0.25) is 0 Å². The third-order valence-corrected chi connectivity index (χ3v) is 6.55. The van der Waals surface area contributed by atoms with Gasteiger partial charge in [-0.25, -0.2) is 4.39 Å². The summed E-state index contributed by atoms with van der Waals surface area (Å²) in [7, 11) is -4.37. The molecule has 3 aromatic rings. The van der Waals surface area contributed by atoms with Crippen LogP contribution in [0.4, 0.5) is 17.6 Å². The number of nitrogens with zero attached hydrogens (tertiary/aromatic N) is 5. The Morgan fingerprint density at radius 2 is 1.91 bits per heavy atom. The van der Waals surface area contributed by atoms with E-state index in [1.807, 2.05) is 0 Å². The van der Waals surface area contributed by atoms with E-state index in [4.69, 9.17) is 9.84 Å². The van der Waals surface area contributed by atoms with E-state index in [0.29, 0.717) is 14.3 Å². The maximum Gasteiger partial charge on any atom is 0.408 e. The van der Waals surface area contributed by atoms with Crippen molar-refractivity contribution in [2.24, 2.45) is 0 Å². The summed E-state index contributed by atoms with van der Waals surface area (Å²) in [6.07, 6.45) is -3.86. The van der Waals surface area contributed by atoms with Crippen LogP contribution in [0.5, 0.6) is 0 Å². The van der Waals surface area contributed by atoms with Gasteiger partial charge in [-0.2, -0.15) is 35.9 Å². The number of ether oxygens (including phenoxy) is 1. The summed E-state index contributed by atoms with van der Waals surface area (Å²) >= 11 is 0. The van der Waals surface area contributed by atoms with Crippen LogP contribution in [-0.4, -0.2) is 62.7 Å². The molecule has 0 saturated carbocycles. The number of halogens is 4. The Kier molecular flexibility index (Phi) is 6.66. The summed E-state index contributed by atoms with van der Waals surface area (Å²) in [5.41, 5.74) is 0.606. The summed E-state index contributed by atoms with van der Waals surface area (Å²) in [6.45, 7) is -2.21. The van der Waals surface area contributed by atoms with Gasteiger partial charge in [0.15, 0.2) is 11.1 Å². The average molecular weight is 517 g/mol. The molecule has 188 valence electrons. The lowest BCUT2D eigenvalue weighted by Crippen LogP contribution is -2.33. The second kappa shape index (κ2) is 9.39. The fraction of sp³-hybridized carbons (Fsp3) is 0.350. The van der Waals surface area contributed by atoms with Crippen LogP contribution in [-0.2, 0) is 39.2 Å². The molecule has 1 amide bonds. The van der Waals surface area contributed by atoms with Gasteiger partial charge in [-0.3, -0.25) is 9.48 Å². The van der Waals surface area contributed by atoms with Crippen molar-refractivity contribution in [2.45, 2.75) is 36.9 Å². The molecule has 0 fully saturated rings. The highest BCUT2D eigenvalue weighted by molar-refractivity contribution is 7.89. The summed E-state index contributed by atoms with van der Waals surface area (Å²) in [6, 6.07) is 6.47. The van der Waals surface area contributed by atoms with E-state index in [1.54, 1.807) is 0 Å². The van der Waals surface area contributed by atoms with Crippen molar-refractivity contribution in [3.05, 3.63) is 65.4 Å². The highest BCUT2D eigenvalue weighted by Crippen LogP contribution is 2.29. The van der Waals surface area contributed by atoms with Crippen molar-refractivity contribution >= 4 is 15.9 Å². The van der Waals surface area contributed by atoms with Crippen molar-refractivity contribution in [1.82, 2.24) is 23.9 Å². The lowest BCUT2D eigenvalue weighted by molar-refractivity contribution is -0.146. The van der Waals surface area contributed by atoms with Gasteiger partial charge in [-0.05, 0) is 12.1 Å². The maximum absolute atomic E-state index is 14.3. The number of amides is 1. The molecule has 1 N–H and O–H groups in total. The van der Waals surface area contributed by atoms with Crippen molar-refractivity contribution in [3.63, 3.8) is 0 Å². The van der Waals surface area contributed by atoms with Crippen LogP contribution in [0.15, 0.2) is 47.8 Å². The number of benzene rings is 1. The first-order valence-electron chi connectivity index (χ1n) is 10.2. The van der Waals surface area contributed by atoms with Gasteiger partial charge in [-0.1, -0.05) is 18.2 Å². The van der Waals surface area contributed by atoms with Crippen molar-refractivity contribution in [3.8, 4) is 0 Å². The number of aliphatic hydroxyl groups is 1. The van der Waals surface area contributed by atoms with Crippen LogP contribution in [0, 0.1) is 5.82 Å². The Morgan fingerprint density at radius 3 is 2.57 bits per heavy atom. The number of alkyl halides is 3. The molecule has 0 radical (unpaired) electrons. The normalized spacial score (nSPS) is 14.8. The van der Waals surface area contributed by atoms with Gasteiger partial charge in [0.05, 0.1) is 25.5 Å². The second-order valence-electron chi connectivity index (χ2n) is 7.64. The molecule has 3 heterocycles. The third-order valence-electron chi connectivity index (χ3n) is 5.13. The van der Waals surface area contributed by atoms with Crippen LogP contribution >= 0.6 is 0 Å². The monoisotopic (exact) mass is 517 g/mol. The van der Waals surface area contributed by atoms with Crippen molar-refractivity contribution in [2.75, 3.05) is 13.2 Å². The van der Waals surface area contributed by atoms with Gasteiger partial charge in [-0.15, -0.1) is 0 Å². The number of carbonyl (C=O) groups excluding carboxylic acids is 1. The molecule has 15 heteroatoms. The van der Waals surface area contributed by atoms with Crippen molar-refractivity contribution < 1.29 is 40.6 Å². The molecule has 2 aromatic heterocycles. The SMILES string of the molecule is O=C([C@@H](OCCO)c1ccccc1F)N1Cc2cn(S(=O)(=O)c3ccn(CC(F)(F)F)n3)nc2C1. The molecule has 35 heavy (non-hydrogen) atoms. The molecule has 4 rings (SSSR count). The maximum atomic E-state index is 14.3. The number of rotatable bonds is 8. The third kappa shape index (κ3) is 5.21. The Hall–Kier alpha value is -3.30. The van der Waals surface area contributed by atoms with E-state index in [-0.39, 0.29) is 37.6 Å². The Balaban J connectivity index is 1.52. The average Bonchev–Trinajstić information content (AvgIpc) is 3.49. The molecular formula is C20H19F4N5O5S. The Bertz CT molecular complexity index is 1310. The highest BCUT2D eigenvalue weighted by Gasteiger charge is 2.35. The Labute approximate surface area is 196 Å². The van der Waals surface area contributed by atoms with Crippen LogP contribution in [0.2, 0.25) is 0 Å². The van der Waals surface area contributed by atoms with Crippen LogP contribution in [0.3, 0.4) is 0 Å². The number of hydrogen-bond acceptors (Lipinski definition) is 7. The lowest BCUT2D eigenvalue weighted by atomic mass is 10.1. The molecule has 0 saturated heterocycles. The number of carbonyl (C=O) groups is 1. The first-order chi connectivity index (χ1) is 16.5. The quantitative estimate of drug-likeness (QED) is 0.451. The predicted molar refractivity (Wildman–Crippen MR) is 110 cm³/mol. The van der Waals surface area contributed by atoms with E-state index in [9.17, 15) is 30.8 Å². The van der Waals surface area contributed by atoms with Crippen molar-refractivity contribution in [1.29, 1.82) is 0 Å².